The van der Waals surface area contributed by atoms with Crippen molar-refractivity contribution in [1.82, 2.24) is 5.32 Å². The van der Waals surface area contributed by atoms with Crippen LogP contribution in [-0.2, 0) is 4.79 Å². The molecule has 0 radical (unpaired) electrons. The third kappa shape index (κ3) is 4.37. The number of nitrogens with two attached hydrogens (primary N) is 1. The molecule has 0 saturated heterocycles. The Morgan fingerprint density at radius 3 is 2.78 bits per heavy atom. The van der Waals surface area contributed by atoms with Crippen LogP contribution in [0.15, 0.2) is 24.3 Å². The Labute approximate surface area is 109 Å². The molecule has 1 amide bonds. The van der Waals surface area contributed by atoms with Crippen molar-refractivity contribution < 1.29 is 9.53 Å². The third-order valence-corrected chi connectivity index (χ3v) is 2.84. The highest BCUT2D eigenvalue weighted by atomic mass is 16.5. The standard InChI is InChI=1S/C14H22N2O2/c1-11(16-14(17)9-5-6-10-15)12-7-3-4-8-13(12)18-2/h3-4,7-8,11H,5-6,9-10,15H2,1-2H3,(H,16,17). The number of carbonyl (C=O) groups excluding carboxylic acids is 1. The van der Waals surface area contributed by atoms with Gasteiger partial charge in [0.05, 0.1) is 13.2 Å². The molecule has 1 aromatic carbocycles. The molecular weight excluding hydrogens is 228 g/mol. The lowest BCUT2D eigenvalue weighted by Crippen LogP contribution is -2.26. The van der Waals surface area contributed by atoms with Crippen LogP contribution in [0.3, 0.4) is 0 Å². The SMILES string of the molecule is COc1ccccc1C(C)NC(=O)CCCCN. The fraction of sp³-hybridized carbons (Fsp3) is 0.500. The summed E-state index contributed by atoms with van der Waals surface area (Å²) in [4.78, 5) is 11.7. The number of methoxy groups -OCH3 is 1. The van der Waals surface area contributed by atoms with Crippen LogP contribution in [-0.4, -0.2) is 19.6 Å². The van der Waals surface area contributed by atoms with Gasteiger partial charge in [-0.3, -0.25) is 4.79 Å². The van der Waals surface area contributed by atoms with Crippen LogP contribution >= 0.6 is 0 Å². The summed E-state index contributed by atoms with van der Waals surface area (Å²) in [5.41, 5.74) is 6.39. The van der Waals surface area contributed by atoms with Gasteiger partial charge in [-0.05, 0) is 32.4 Å². The van der Waals surface area contributed by atoms with Gasteiger partial charge in [0.15, 0.2) is 0 Å². The van der Waals surface area contributed by atoms with E-state index in [4.69, 9.17) is 10.5 Å². The van der Waals surface area contributed by atoms with Gasteiger partial charge in [0.25, 0.3) is 0 Å². The first-order chi connectivity index (χ1) is 8.69. The summed E-state index contributed by atoms with van der Waals surface area (Å²) in [5, 5.41) is 2.97. The van der Waals surface area contributed by atoms with Crippen molar-refractivity contribution in [1.29, 1.82) is 0 Å². The maximum absolute atomic E-state index is 11.7. The summed E-state index contributed by atoms with van der Waals surface area (Å²) in [6.45, 7) is 2.59. The second-order valence-electron chi connectivity index (χ2n) is 4.28. The molecule has 4 heteroatoms. The average molecular weight is 250 g/mol. The first kappa shape index (κ1) is 14.5. The molecule has 18 heavy (non-hydrogen) atoms. The second-order valence-corrected chi connectivity index (χ2v) is 4.28. The zero-order chi connectivity index (χ0) is 13.4. The first-order valence-corrected chi connectivity index (χ1v) is 6.31. The molecule has 0 fully saturated rings. The highest BCUT2D eigenvalue weighted by Gasteiger charge is 2.12. The highest BCUT2D eigenvalue weighted by Crippen LogP contribution is 2.24. The van der Waals surface area contributed by atoms with Crippen molar-refractivity contribution in [3.05, 3.63) is 29.8 Å². The van der Waals surface area contributed by atoms with E-state index in [1.54, 1.807) is 7.11 Å². The summed E-state index contributed by atoms with van der Waals surface area (Å²) in [6, 6.07) is 7.66. The number of rotatable bonds is 7. The minimum absolute atomic E-state index is 0.0495. The molecule has 100 valence electrons. The Bertz CT molecular complexity index is 380. The minimum atomic E-state index is -0.0495. The lowest BCUT2D eigenvalue weighted by molar-refractivity contribution is -0.121. The zero-order valence-corrected chi connectivity index (χ0v) is 11.1. The van der Waals surface area contributed by atoms with E-state index in [1.807, 2.05) is 31.2 Å². The lowest BCUT2D eigenvalue weighted by Gasteiger charge is -2.17. The molecule has 0 bridgehead atoms. The number of carbonyl (C=O) groups is 1. The third-order valence-electron chi connectivity index (χ3n) is 2.84. The van der Waals surface area contributed by atoms with Crippen LogP contribution in [0.25, 0.3) is 0 Å². The fourth-order valence-corrected chi connectivity index (χ4v) is 1.85. The summed E-state index contributed by atoms with van der Waals surface area (Å²) in [5.74, 6) is 0.856. The molecule has 1 rings (SSSR count). The molecule has 0 aliphatic rings. The number of para-hydroxylation sites is 1. The zero-order valence-electron chi connectivity index (χ0n) is 11.1. The van der Waals surface area contributed by atoms with E-state index in [1.165, 1.54) is 0 Å². The molecule has 0 spiro atoms. The van der Waals surface area contributed by atoms with Crippen LogP contribution < -0.4 is 15.8 Å². The molecular formula is C14H22N2O2. The van der Waals surface area contributed by atoms with E-state index >= 15 is 0 Å². The van der Waals surface area contributed by atoms with Gasteiger partial charge in [0.1, 0.15) is 5.75 Å². The largest absolute Gasteiger partial charge is 0.496 e. The Morgan fingerprint density at radius 2 is 2.11 bits per heavy atom. The molecule has 1 unspecified atom stereocenters. The van der Waals surface area contributed by atoms with E-state index in [2.05, 4.69) is 5.32 Å². The van der Waals surface area contributed by atoms with Gasteiger partial charge in [-0.25, -0.2) is 0 Å². The maximum Gasteiger partial charge on any atom is 0.220 e. The van der Waals surface area contributed by atoms with Crippen LogP contribution in [0.4, 0.5) is 0 Å². The molecule has 0 heterocycles. The van der Waals surface area contributed by atoms with Crippen LogP contribution in [0.2, 0.25) is 0 Å². The molecule has 0 saturated carbocycles. The number of unbranched alkanes of at least 4 members (excludes halogenated alkanes) is 1. The minimum Gasteiger partial charge on any atom is -0.496 e. The van der Waals surface area contributed by atoms with E-state index < -0.39 is 0 Å². The predicted molar refractivity (Wildman–Crippen MR) is 72.5 cm³/mol. The molecule has 3 N–H and O–H groups in total. The monoisotopic (exact) mass is 250 g/mol. The van der Waals surface area contributed by atoms with E-state index in [0.29, 0.717) is 13.0 Å². The number of nitrogens with one attached hydrogen (secondary N) is 1. The van der Waals surface area contributed by atoms with E-state index in [-0.39, 0.29) is 11.9 Å². The van der Waals surface area contributed by atoms with Crippen molar-refractivity contribution >= 4 is 5.91 Å². The Kier molecular flexibility index (Phi) is 6.22. The van der Waals surface area contributed by atoms with Gasteiger partial charge in [-0.1, -0.05) is 18.2 Å². The number of hydrogen-bond acceptors (Lipinski definition) is 3. The molecule has 0 aliphatic heterocycles. The van der Waals surface area contributed by atoms with E-state index in [9.17, 15) is 4.79 Å². The number of benzene rings is 1. The molecule has 0 aromatic heterocycles. The maximum atomic E-state index is 11.7. The van der Waals surface area contributed by atoms with Gasteiger partial charge >= 0.3 is 0 Å². The topological polar surface area (TPSA) is 64.3 Å². The summed E-state index contributed by atoms with van der Waals surface area (Å²) >= 11 is 0. The van der Waals surface area contributed by atoms with Gasteiger partial charge < -0.3 is 15.8 Å². The normalized spacial score (nSPS) is 11.9. The highest BCUT2D eigenvalue weighted by molar-refractivity contribution is 5.76. The van der Waals surface area contributed by atoms with Gasteiger partial charge in [-0.2, -0.15) is 0 Å². The summed E-state index contributed by atoms with van der Waals surface area (Å²) in [6.07, 6.45) is 2.24. The smallest absolute Gasteiger partial charge is 0.220 e. The number of ether oxygens (including phenoxy) is 1. The van der Waals surface area contributed by atoms with Gasteiger partial charge in [-0.15, -0.1) is 0 Å². The lowest BCUT2D eigenvalue weighted by atomic mass is 10.1. The Hall–Kier alpha value is -1.55. The van der Waals surface area contributed by atoms with Crippen molar-refractivity contribution in [3.8, 4) is 5.75 Å². The molecule has 0 aliphatic carbocycles. The number of amides is 1. The van der Waals surface area contributed by atoms with Crippen molar-refractivity contribution in [2.75, 3.05) is 13.7 Å². The molecule has 1 aromatic rings. The van der Waals surface area contributed by atoms with Crippen molar-refractivity contribution in [3.63, 3.8) is 0 Å². The van der Waals surface area contributed by atoms with Gasteiger partial charge in [0, 0.05) is 12.0 Å². The molecule has 4 nitrogen and oxygen atoms in total. The van der Waals surface area contributed by atoms with E-state index in [0.717, 1.165) is 24.2 Å². The average Bonchev–Trinajstić information content (AvgIpc) is 2.39. The van der Waals surface area contributed by atoms with Gasteiger partial charge in [0.2, 0.25) is 5.91 Å². The summed E-state index contributed by atoms with van der Waals surface area (Å²) in [7, 11) is 1.63. The van der Waals surface area contributed by atoms with Crippen molar-refractivity contribution in [2.24, 2.45) is 5.73 Å². The van der Waals surface area contributed by atoms with Crippen molar-refractivity contribution in [2.45, 2.75) is 32.2 Å². The van der Waals surface area contributed by atoms with Crippen LogP contribution in [0.5, 0.6) is 5.75 Å². The predicted octanol–water partition coefficient (Wildman–Crippen LogP) is 2.00. The number of hydrogen-bond donors (Lipinski definition) is 2. The fourth-order valence-electron chi connectivity index (χ4n) is 1.85. The van der Waals surface area contributed by atoms with Crippen LogP contribution in [0.1, 0.15) is 37.8 Å². The Morgan fingerprint density at radius 1 is 1.39 bits per heavy atom. The quantitative estimate of drug-likeness (QED) is 0.727. The molecule has 1 atom stereocenters. The Balaban J connectivity index is 2.53. The second kappa shape index (κ2) is 7.71. The van der Waals surface area contributed by atoms with Crippen LogP contribution in [0, 0.1) is 0 Å². The first-order valence-electron chi connectivity index (χ1n) is 6.31. The summed E-state index contributed by atoms with van der Waals surface area (Å²) < 4.78 is 5.28.